The highest BCUT2D eigenvalue weighted by Gasteiger charge is 2.44. The second kappa shape index (κ2) is 7.10. The number of hydrogen-bond acceptors (Lipinski definition) is 7. The Morgan fingerprint density at radius 3 is 2.92 bits per heavy atom. The molecule has 0 bridgehead atoms. The Bertz CT molecular complexity index is 715. The normalized spacial score (nSPS) is 25.4. The van der Waals surface area contributed by atoms with Crippen LogP contribution in [0.25, 0.3) is 0 Å². The summed E-state index contributed by atoms with van der Waals surface area (Å²) in [5.41, 5.74) is 0.563. The molecule has 130 valence electrons. The maximum atomic E-state index is 12.8. The van der Waals surface area contributed by atoms with Gasteiger partial charge in [-0.3, -0.25) is 4.79 Å². The lowest BCUT2D eigenvalue weighted by Gasteiger charge is -2.39. The first-order chi connectivity index (χ1) is 12.3. The van der Waals surface area contributed by atoms with Gasteiger partial charge < -0.3 is 14.4 Å². The molecule has 1 aliphatic carbocycles. The van der Waals surface area contributed by atoms with Crippen LogP contribution in [-0.4, -0.2) is 62.9 Å². The molecule has 4 rings (SSSR count). The number of ether oxygens (including phenoxy) is 2. The van der Waals surface area contributed by atoms with E-state index in [0.717, 1.165) is 12.8 Å². The second-order valence-corrected chi connectivity index (χ2v) is 6.21. The average Bonchev–Trinajstić information content (AvgIpc) is 3.10. The molecular formula is C17H19N5O3. The number of carbonyl (C=O) groups excluding carboxylic acids is 1. The van der Waals surface area contributed by atoms with Crippen LogP contribution in [0.5, 0.6) is 6.01 Å². The molecule has 2 aromatic heterocycles. The highest BCUT2D eigenvalue weighted by atomic mass is 16.5. The fraction of sp³-hybridized carbons (Fsp3) is 0.471. The van der Waals surface area contributed by atoms with Crippen molar-refractivity contribution in [1.29, 1.82) is 0 Å². The van der Waals surface area contributed by atoms with Gasteiger partial charge >= 0.3 is 6.01 Å². The van der Waals surface area contributed by atoms with Crippen LogP contribution < -0.4 is 4.74 Å². The van der Waals surface area contributed by atoms with E-state index in [0.29, 0.717) is 31.3 Å². The Balaban J connectivity index is 1.42. The zero-order chi connectivity index (χ0) is 17.1. The molecule has 0 N–H and O–H groups in total. The van der Waals surface area contributed by atoms with Gasteiger partial charge in [0, 0.05) is 24.9 Å². The first kappa shape index (κ1) is 15.9. The Hall–Kier alpha value is -2.61. The van der Waals surface area contributed by atoms with Gasteiger partial charge in [-0.25, -0.2) is 9.97 Å². The summed E-state index contributed by atoms with van der Waals surface area (Å²) in [6.45, 7) is 1.62. The smallest absolute Gasteiger partial charge is 0.316 e. The van der Waals surface area contributed by atoms with Gasteiger partial charge in [0.05, 0.1) is 43.3 Å². The first-order valence-corrected chi connectivity index (χ1v) is 8.42. The number of carbonyl (C=O) groups is 1. The van der Waals surface area contributed by atoms with Crippen molar-refractivity contribution in [1.82, 2.24) is 25.1 Å². The summed E-state index contributed by atoms with van der Waals surface area (Å²) in [5.74, 6) is 0.209. The summed E-state index contributed by atoms with van der Waals surface area (Å²) in [5, 5.41) is 7.53. The maximum Gasteiger partial charge on any atom is 0.316 e. The molecule has 1 amide bonds. The summed E-state index contributed by atoms with van der Waals surface area (Å²) >= 11 is 0. The highest BCUT2D eigenvalue weighted by molar-refractivity contribution is 5.94. The highest BCUT2D eigenvalue weighted by Crippen LogP contribution is 2.35. The number of morpholine rings is 1. The Morgan fingerprint density at radius 1 is 1.24 bits per heavy atom. The van der Waals surface area contributed by atoms with Crippen LogP contribution in [0.4, 0.5) is 0 Å². The van der Waals surface area contributed by atoms with E-state index in [1.54, 1.807) is 24.5 Å². The van der Waals surface area contributed by atoms with E-state index in [9.17, 15) is 4.79 Å². The molecule has 3 atom stereocenters. The number of hydrogen-bond donors (Lipinski definition) is 0. The second-order valence-electron chi connectivity index (χ2n) is 6.21. The standard InChI is InChI=1S/C17H19N5O3/c23-16(12-4-7-20-21-10-12)22-8-9-24-15-13(2-3-14(15)22)11-25-17-18-5-1-6-19-17/h1,4-7,10,13-15H,2-3,8-9,11H2/t13-,14+,15-/m1/s1. The summed E-state index contributed by atoms with van der Waals surface area (Å²) < 4.78 is 11.7. The third kappa shape index (κ3) is 3.30. The number of nitrogens with zero attached hydrogens (tertiary/aromatic N) is 5. The van der Waals surface area contributed by atoms with Crippen LogP contribution in [0.1, 0.15) is 23.2 Å². The molecule has 1 aliphatic heterocycles. The van der Waals surface area contributed by atoms with Gasteiger partial charge in [0.15, 0.2) is 0 Å². The molecule has 8 nitrogen and oxygen atoms in total. The molecule has 25 heavy (non-hydrogen) atoms. The summed E-state index contributed by atoms with van der Waals surface area (Å²) in [6.07, 6.45) is 8.18. The molecule has 2 aromatic rings. The SMILES string of the molecule is O=C(c1ccnnc1)N1CCO[C@@H]2[C@@H](COc3ncccn3)CC[C@@H]21. The van der Waals surface area contributed by atoms with Crippen molar-refractivity contribution in [3.8, 4) is 6.01 Å². The van der Waals surface area contributed by atoms with Crippen LogP contribution in [0.15, 0.2) is 36.9 Å². The molecule has 0 unspecified atom stereocenters. The van der Waals surface area contributed by atoms with Gasteiger partial charge in [-0.15, -0.1) is 0 Å². The Labute approximate surface area is 145 Å². The maximum absolute atomic E-state index is 12.8. The van der Waals surface area contributed by atoms with Crippen LogP contribution in [0.2, 0.25) is 0 Å². The van der Waals surface area contributed by atoms with Crippen molar-refractivity contribution >= 4 is 5.91 Å². The van der Waals surface area contributed by atoms with E-state index in [1.807, 2.05) is 4.90 Å². The van der Waals surface area contributed by atoms with E-state index in [2.05, 4.69) is 20.2 Å². The van der Waals surface area contributed by atoms with Crippen LogP contribution in [-0.2, 0) is 4.74 Å². The molecule has 1 saturated carbocycles. The molecule has 0 spiro atoms. The van der Waals surface area contributed by atoms with E-state index < -0.39 is 0 Å². The van der Waals surface area contributed by atoms with Gasteiger partial charge in [0.2, 0.25) is 0 Å². The predicted octanol–water partition coefficient (Wildman–Crippen LogP) is 0.965. The van der Waals surface area contributed by atoms with E-state index in [-0.39, 0.29) is 24.0 Å². The topological polar surface area (TPSA) is 90.3 Å². The lowest BCUT2D eigenvalue weighted by molar-refractivity contribution is -0.0683. The molecule has 2 fully saturated rings. The van der Waals surface area contributed by atoms with Crippen LogP contribution in [0.3, 0.4) is 0 Å². The molecule has 0 radical (unpaired) electrons. The fourth-order valence-electron chi connectivity index (χ4n) is 3.62. The summed E-state index contributed by atoms with van der Waals surface area (Å²) in [4.78, 5) is 22.8. The van der Waals surface area contributed by atoms with Crippen LogP contribution in [0, 0.1) is 5.92 Å². The zero-order valence-electron chi connectivity index (χ0n) is 13.7. The number of fused-ring (bicyclic) bond motifs is 1. The van der Waals surface area contributed by atoms with Crippen molar-refractivity contribution in [2.45, 2.75) is 25.0 Å². The van der Waals surface area contributed by atoms with Gasteiger partial charge in [-0.2, -0.15) is 10.2 Å². The Morgan fingerprint density at radius 2 is 2.12 bits per heavy atom. The fourth-order valence-corrected chi connectivity index (χ4v) is 3.62. The largest absolute Gasteiger partial charge is 0.463 e. The minimum atomic E-state index is -0.0174. The van der Waals surface area contributed by atoms with Crippen molar-refractivity contribution in [3.05, 3.63) is 42.5 Å². The molecule has 0 aromatic carbocycles. The lowest BCUT2D eigenvalue weighted by atomic mass is 10.0. The predicted molar refractivity (Wildman–Crippen MR) is 86.8 cm³/mol. The number of amides is 1. The minimum Gasteiger partial charge on any atom is -0.463 e. The van der Waals surface area contributed by atoms with Crippen molar-refractivity contribution < 1.29 is 14.3 Å². The first-order valence-electron chi connectivity index (χ1n) is 8.42. The molecule has 8 heteroatoms. The van der Waals surface area contributed by atoms with Gasteiger partial charge in [0.25, 0.3) is 5.91 Å². The lowest BCUT2D eigenvalue weighted by Crippen LogP contribution is -2.53. The van der Waals surface area contributed by atoms with Gasteiger partial charge in [-0.05, 0) is 25.0 Å². The van der Waals surface area contributed by atoms with Gasteiger partial charge in [-0.1, -0.05) is 0 Å². The molecule has 1 saturated heterocycles. The minimum absolute atomic E-state index is 0.0128. The quantitative estimate of drug-likeness (QED) is 0.818. The average molecular weight is 341 g/mol. The van der Waals surface area contributed by atoms with E-state index >= 15 is 0 Å². The van der Waals surface area contributed by atoms with Crippen molar-refractivity contribution in [3.63, 3.8) is 0 Å². The van der Waals surface area contributed by atoms with Crippen molar-refractivity contribution in [2.75, 3.05) is 19.8 Å². The third-order valence-electron chi connectivity index (χ3n) is 4.78. The third-order valence-corrected chi connectivity index (χ3v) is 4.78. The molecular weight excluding hydrogens is 322 g/mol. The molecule has 2 aliphatic rings. The van der Waals surface area contributed by atoms with E-state index in [4.69, 9.17) is 9.47 Å². The van der Waals surface area contributed by atoms with Gasteiger partial charge in [0.1, 0.15) is 0 Å². The van der Waals surface area contributed by atoms with E-state index in [1.165, 1.54) is 12.4 Å². The van der Waals surface area contributed by atoms with Crippen LogP contribution >= 0.6 is 0 Å². The number of rotatable bonds is 4. The van der Waals surface area contributed by atoms with Crippen molar-refractivity contribution in [2.24, 2.45) is 5.92 Å². The summed E-state index contributed by atoms with van der Waals surface area (Å²) in [6, 6.07) is 3.89. The monoisotopic (exact) mass is 341 g/mol. The Kier molecular flexibility index (Phi) is 4.51. The summed E-state index contributed by atoms with van der Waals surface area (Å²) in [7, 11) is 0. The number of aromatic nitrogens is 4. The molecule has 3 heterocycles. The zero-order valence-corrected chi connectivity index (χ0v) is 13.7.